The Morgan fingerprint density at radius 1 is 1.38 bits per heavy atom. The first-order valence-corrected chi connectivity index (χ1v) is 9.03. The molecule has 0 amide bonds. The Balaban J connectivity index is 1.39. The minimum atomic E-state index is -0.155. The van der Waals surface area contributed by atoms with Gasteiger partial charge in [0.1, 0.15) is 17.6 Å². The monoisotopic (exact) mass is 350 g/mol. The van der Waals surface area contributed by atoms with Crippen LogP contribution >= 0.6 is 0 Å². The first-order valence-electron chi connectivity index (χ1n) is 9.03. The van der Waals surface area contributed by atoms with Crippen LogP contribution in [0.4, 0.5) is 11.8 Å². The van der Waals surface area contributed by atoms with Crippen molar-refractivity contribution in [2.75, 3.05) is 29.9 Å². The topological polar surface area (TPSA) is 87.0 Å². The molecule has 2 aliphatic heterocycles. The van der Waals surface area contributed by atoms with Crippen LogP contribution in [0.2, 0.25) is 0 Å². The van der Waals surface area contributed by atoms with Crippen LogP contribution in [0.3, 0.4) is 0 Å². The molecule has 4 rings (SSSR count). The molecule has 2 atom stereocenters. The standard InChI is InChI=1S/C19H22N6O/c1-2-14-10-21-18(22-11-14)25-7-6-19(13-25)8-16(12-26-19)24-17-5-3-4-15(9-20)23-17/h3-5,10-11,16H,2,6-8,12-13H2,1H3,(H,23,24)/t16-,19-/m1/s1. The predicted octanol–water partition coefficient (Wildman–Crippen LogP) is 2.16. The first-order chi connectivity index (χ1) is 12.7. The smallest absolute Gasteiger partial charge is 0.225 e. The van der Waals surface area contributed by atoms with Gasteiger partial charge < -0.3 is 15.0 Å². The van der Waals surface area contributed by atoms with Crippen molar-refractivity contribution < 1.29 is 4.74 Å². The molecule has 0 aliphatic carbocycles. The van der Waals surface area contributed by atoms with Gasteiger partial charge in [-0.25, -0.2) is 15.0 Å². The minimum absolute atomic E-state index is 0.155. The molecule has 1 N–H and O–H groups in total. The van der Waals surface area contributed by atoms with Crippen LogP contribution in [0.1, 0.15) is 31.0 Å². The largest absolute Gasteiger partial charge is 0.371 e. The van der Waals surface area contributed by atoms with Crippen LogP contribution in [0, 0.1) is 11.3 Å². The van der Waals surface area contributed by atoms with Gasteiger partial charge in [-0.2, -0.15) is 5.26 Å². The molecule has 2 aromatic heterocycles. The summed E-state index contributed by atoms with van der Waals surface area (Å²) in [4.78, 5) is 15.5. The number of rotatable bonds is 4. The molecule has 2 aliphatic rings. The van der Waals surface area contributed by atoms with Gasteiger partial charge in [0, 0.05) is 25.4 Å². The molecule has 26 heavy (non-hydrogen) atoms. The minimum Gasteiger partial charge on any atom is -0.371 e. The van der Waals surface area contributed by atoms with E-state index in [1.165, 1.54) is 0 Å². The van der Waals surface area contributed by atoms with E-state index in [2.05, 4.69) is 38.2 Å². The van der Waals surface area contributed by atoms with E-state index in [0.29, 0.717) is 12.3 Å². The van der Waals surface area contributed by atoms with Gasteiger partial charge in [0.25, 0.3) is 0 Å². The van der Waals surface area contributed by atoms with Crippen molar-refractivity contribution in [2.24, 2.45) is 0 Å². The summed E-state index contributed by atoms with van der Waals surface area (Å²) in [6, 6.07) is 7.70. The molecule has 4 heterocycles. The van der Waals surface area contributed by atoms with Gasteiger partial charge in [0.2, 0.25) is 5.95 Å². The molecule has 134 valence electrons. The molecular formula is C19H22N6O. The number of hydrogen-bond acceptors (Lipinski definition) is 7. The normalized spacial score (nSPS) is 24.8. The van der Waals surface area contributed by atoms with Crippen molar-refractivity contribution in [2.45, 2.75) is 37.8 Å². The van der Waals surface area contributed by atoms with Crippen LogP contribution in [0.15, 0.2) is 30.6 Å². The summed E-state index contributed by atoms with van der Waals surface area (Å²) >= 11 is 0. The zero-order valence-electron chi connectivity index (χ0n) is 14.9. The maximum atomic E-state index is 8.98. The van der Waals surface area contributed by atoms with E-state index in [-0.39, 0.29) is 11.6 Å². The van der Waals surface area contributed by atoms with Gasteiger partial charge in [-0.3, -0.25) is 0 Å². The third-order valence-electron chi connectivity index (χ3n) is 5.12. The summed E-state index contributed by atoms with van der Waals surface area (Å²) in [6.45, 7) is 4.45. The van der Waals surface area contributed by atoms with Crippen molar-refractivity contribution in [1.82, 2.24) is 15.0 Å². The van der Waals surface area contributed by atoms with Gasteiger partial charge >= 0.3 is 0 Å². The number of nitriles is 1. The Bertz CT molecular complexity index is 818. The van der Waals surface area contributed by atoms with E-state index in [0.717, 1.165) is 49.7 Å². The number of pyridine rings is 1. The summed E-state index contributed by atoms with van der Waals surface area (Å²) in [7, 11) is 0. The molecule has 1 spiro atoms. The number of nitrogens with one attached hydrogen (secondary N) is 1. The lowest BCUT2D eigenvalue weighted by Gasteiger charge is -2.23. The van der Waals surface area contributed by atoms with Gasteiger partial charge in [-0.15, -0.1) is 0 Å². The molecule has 2 fully saturated rings. The highest BCUT2D eigenvalue weighted by atomic mass is 16.5. The molecule has 7 nitrogen and oxygen atoms in total. The van der Waals surface area contributed by atoms with Crippen LogP contribution in [0.25, 0.3) is 0 Å². The maximum Gasteiger partial charge on any atom is 0.225 e. The number of hydrogen-bond donors (Lipinski definition) is 1. The van der Waals surface area contributed by atoms with Gasteiger partial charge in [-0.05, 0) is 30.5 Å². The van der Waals surface area contributed by atoms with Crippen molar-refractivity contribution >= 4 is 11.8 Å². The lowest BCUT2D eigenvalue weighted by atomic mass is 9.97. The van der Waals surface area contributed by atoms with E-state index < -0.39 is 0 Å². The highest BCUT2D eigenvalue weighted by Crippen LogP contribution is 2.37. The number of aryl methyl sites for hydroxylation is 1. The Labute approximate surface area is 153 Å². The zero-order valence-corrected chi connectivity index (χ0v) is 14.9. The highest BCUT2D eigenvalue weighted by Gasteiger charge is 2.46. The Kier molecular flexibility index (Phi) is 4.43. The quantitative estimate of drug-likeness (QED) is 0.904. The molecule has 0 unspecified atom stereocenters. The Hall–Kier alpha value is -2.72. The van der Waals surface area contributed by atoms with Crippen molar-refractivity contribution in [3.8, 4) is 6.07 Å². The molecule has 0 aromatic carbocycles. The fraction of sp³-hybridized carbons (Fsp3) is 0.474. The van der Waals surface area contributed by atoms with Crippen LogP contribution in [-0.2, 0) is 11.2 Å². The van der Waals surface area contributed by atoms with Crippen molar-refractivity contribution in [1.29, 1.82) is 5.26 Å². The summed E-state index contributed by atoms with van der Waals surface area (Å²) in [5.74, 6) is 1.51. The van der Waals surface area contributed by atoms with E-state index >= 15 is 0 Å². The van der Waals surface area contributed by atoms with Crippen LogP contribution < -0.4 is 10.2 Å². The number of anilines is 2. The summed E-state index contributed by atoms with van der Waals surface area (Å²) in [6.07, 6.45) is 6.63. The third-order valence-corrected chi connectivity index (χ3v) is 5.12. The fourth-order valence-electron chi connectivity index (χ4n) is 3.72. The summed E-state index contributed by atoms with van der Waals surface area (Å²) < 4.78 is 6.19. The molecule has 0 radical (unpaired) electrons. The molecule has 0 saturated carbocycles. The molecular weight excluding hydrogens is 328 g/mol. The first kappa shape index (κ1) is 16.7. The molecule has 2 aromatic rings. The highest BCUT2D eigenvalue weighted by molar-refractivity contribution is 5.40. The SMILES string of the molecule is CCc1cnc(N2CC[C@@]3(C[C@@H](Nc4cccc(C#N)n4)CO3)C2)nc1. The molecule has 0 bridgehead atoms. The number of aromatic nitrogens is 3. The van der Waals surface area contributed by atoms with E-state index in [1.807, 2.05) is 24.5 Å². The van der Waals surface area contributed by atoms with Gasteiger partial charge in [0.05, 0.1) is 24.8 Å². The second kappa shape index (κ2) is 6.89. The second-order valence-electron chi connectivity index (χ2n) is 6.98. The fourth-order valence-corrected chi connectivity index (χ4v) is 3.72. The van der Waals surface area contributed by atoms with Crippen molar-refractivity contribution in [3.63, 3.8) is 0 Å². The lowest BCUT2D eigenvalue weighted by molar-refractivity contribution is 0.0228. The maximum absolute atomic E-state index is 8.98. The van der Waals surface area contributed by atoms with Crippen molar-refractivity contribution in [3.05, 3.63) is 41.9 Å². The Morgan fingerprint density at radius 3 is 3.00 bits per heavy atom. The van der Waals surface area contributed by atoms with E-state index in [4.69, 9.17) is 10.00 Å². The van der Waals surface area contributed by atoms with Gasteiger partial charge in [0.15, 0.2) is 0 Å². The zero-order chi connectivity index (χ0) is 18.0. The average molecular weight is 350 g/mol. The summed E-state index contributed by atoms with van der Waals surface area (Å²) in [5, 5.41) is 12.4. The van der Waals surface area contributed by atoms with Crippen LogP contribution in [-0.4, -0.2) is 46.3 Å². The second-order valence-corrected chi connectivity index (χ2v) is 6.98. The van der Waals surface area contributed by atoms with E-state index in [1.54, 1.807) is 6.07 Å². The van der Waals surface area contributed by atoms with Gasteiger partial charge in [-0.1, -0.05) is 13.0 Å². The summed E-state index contributed by atoms with van der Waals surface area (Å²) in [5.41, 5.74) is 1.41. The van der Waals surface area contributed by atoms with Crippen LogP contribution in [0.5, 0.6) is 0 Å². The lowest BCUT2D eigenvalue weighted by Crippen LogP contribution is -2.34. The predicted molar refractivity (Wildman–Crippen MR) is 97.9 cm³/mol. The molecule has 2 saturated heterocycles. The average Bonchev–Trinajstić information content (AvgIpc) is 3.28. The third kappa shape index (κ3) is 3.33. The van der Waals surface area contributed by atoms with E-state index in [9.17, 15) is 0 Å². The number of ether oxygens (including phenoxy) is 1. The molecule has 7 heteroatoms. The number of nitrogens with zero attached hydrogens (tertiary/aromatic N) is 5. The Morgan fingerprint density at radius 2 is 2.23 bits per heavy atom.